The van der Waals surface area contributed by atoms with Crippen LogP contribution in [-0.4, -0.2) is 34.7 Å². The molecule has 0 bridgehead atoms. The van der Waals surface area contributed by atoms with Gasteiger partial charge in [-0.3, -0.25) is 4.79 Å². The van der Waals surface area contributed by atoms with Gasteiger partial charge in [0.25, 0.3) is 0 Å². The number of hydrogen-bond donors (Lipinski definition) is 3. The van der Waals surface area contributed by atoms with Gasteiger partial charge in [-0.15, -0.1) is 0 Å². The number of carbonyl (C=O) groups is 1. The number of ether oxygens (including phenoxy) is 2. The first-order chi connectivity index (χ1) is 17.7. The third-order valence-corrected chi connectivity index (χ3v) is 6.47. The number of hydrogen-bond acceptors (Lipinski definition) is 5. The monoisotopic (exact) mass is 612 g/mol. The average molecular weight is 613 g/mol. The van der Waals surface area contributed by atoms with Crippen molar-refractivity contribution >= 4 is 39.5 Å². The van der Waals surface area contributed by atoms with Crippen LogP contribution in [0.15, 0.2) is 72.8 Å². The third-order valence-electron chi connectivity index (χ3n) is 5.80. The Morgan fingerprint density at radius 1 is 1.05 bits per heavy atom. The molecule has 1 unspecified atom stereocenters. The molecule has 0 saturated heterocycles. The van der Waals surface area contributed by atoms with Gasteiger partial charge in [0.2, 0.25) is 5.91 Å². The van der Waals surface area contributed by atoms with Crippen molar-refractivity contribution in [3.05, 3.63) is 93.3 Å². The van der Waals surface area contributed by atoms with Gasteiger partial charge in [-0.1, -0.05) is 42.5 Å². The topological polar surface area (TPSA) is 102 Å². The molecule has 0 aliphatic carbocycles. The second-order valence-corrected chi connectivity index (χ2v) is 11.1. The molecule has 194 valence electrons. The van der Waals surface area contributed by atoms with E-state index in [1.807, 2.05) is 93.6 Å². The molecule has 4 aromatic rings. The molecule has 4 N–H and O–H groups in total. The van der Waals surface area contributed by atoms with Crippen molar-refractivity contribution < 1.29 is 14.3 Å². The van der Waals surface area contributed by atoms with E-state index >= 15 is 0 Å². The van der Waals surface area contributed by atoms with Crippen LogP contribution in [0.1, 0.15) is 49.8 Å². The lowest BCUT2D eigenvalue weighted by Crippen LogP contribution is -2.37. The molecule has 7 nitrogen and oxygen atoms in total. The Labute approximate surface area is 231 Å². The van der Waals surface area contributed by atoms with E-state index in [0.29, 0.717) is 36.8 Å². The molecule has 2 atom stereocenters. The lowest BCUT2D eigenvalue weighted by molar-refractivity contribution is -0.123. The van der Waals surface area contributed by atoms with Crippen LogP contribution in [0.5, 0.6) is 5.75 Å². The van der Waals surface area contributed by atoms with Crippen LogP contribution in [0.3, 0.4) is 0 Å². The number of aromatic amines is 1. The van der Waals surface area contributed by atoms with Gasteiger partial charge in [0.15, 0.2) is 0 Å². The molecular formula is C29H33IN4O3. The zero-order valence-electron chi connectivity index (χ0n) is 21.3. The summed E-state index contributed by atoms with van der Waals surface area (Å²) in [5, 5.41) is 3.12. The van der Waals surface area contributed by atoms with Gasteiger partial charge in [-0.25, -0.2) is 4.98 Å². The predicted molar refractivity (Wildman–Crippen MR) is 154 cm³/mol. The van der Waals surface area contributed by atoms with E-state index in [9.17, 15) is 4.79 Å². The number of halogens is 1. The quantitative estimate of drug-likeness (QED) is 0.163. The van der Waals surface area contributed by atoms with E-state index in [-0.39, 0.29) is 17.6 Å². The summed E-state index contributed by atoms with van der Waals surface area (Å²) in [5.41, 5.74) is 9.75. The molecule has 0 saturated carbocycles. The van der Waals surface area contributed by atoms with Crippen LogP contribution < -0.4 is 15.8 Å². The van der Waals surface area contributed by atoms with Crippen molar-refractivity contribution in [2.24, 2.45) is 5.73 Å². The number of aromatic nitrogens is 2. The SMILES string of the molecule is CC(C)(C)OCCOc1ccc(C(N)C(=O)N[C@@H](Cc2ccccc2)c2nc3cc(I)ccc3[nH]2)cc1. The summed E-state index contributed by atoms with van der Waals surface area (Å²) in [7, 11) is 0. The van der Waals surface area contributed by atoms with E-state index in [0.717, 1.165) is 20.2 Å². The van der Waals surface area contributed by atoms with E-state index in [1.165, 1.54) is 0 Å². The van der Waals surface area contributed by atoms with Gasteiger partial charge in [-0.2, -0.15) is 0 Å². The molecule has 4 rings (SSSR count). The summed E-state index contributed by atoms with van der Waals surface area (Å²) < 4.78 is 12.5. The molecule has 0 aliphatic rings. The van der Waals surface area contributed by atoms with Gasteiger partial charge in [0, 0.05) is 3.57 Å². The molecule has 0 aliphatic heterocycles. The Bertz CT molecular complexity index is 1320. The first kappa shape index (κ1) is 27.1. The minimum absolute atomic E-state index is 0.202. The summed E-state index contributed by atoms with van der Waals surface area (Å²) in [6.07, 6.45) is 0.583. The maximum Gasteiger partial charge on any atom is 0.242 e. The Balaban J connectivity index is 1.45. The van der Waals surface area contributed by atoms with E-state index in [2.05, 4.69) is 32.9 Å². The zero-order chi connectivity index (χ0) is 26.4. The molecule has 0 spiro atoms. The van der Waals surface area contributed by atoms with Crippen molar-refractivity contribution in [2.45, 2.75) is 44.9 Å². The molecule has 0 fully saturated rings. The number of fused-ring (bicyclic) bond motifs is 1. The van der Waals surface area contributed by atoms with Crippen LogP contribution >= 0.6 is 22.6 Å². The Morgan fingerprint density at radius 3 is 2.49 bits per heavy atom. The highest BCUT2D eigenvalue weighted by molar-refractivity contribution is 14.1. The molecule has 1 aromatic heterocycles. The van der Waals surface area contributed by atoms with Crippen LogP contribution in [0, 0.1) is 3.57 Å². The lowest BCUT2D eigenvalue weighted by Gasteiger charge is -2.20. The number of nitrogens with one attached hydrogen (secondary N) is 2. The number of carbonyl (C=O) groups excluding carboxylic acids is 1. The smallest absolute Gasteiger partial charge is 0.242 e. The molecule has 0 radical (unpaired) electrons. The fraction of sp³-hybridized carbons (Fsp3) is 0.310. The van der Waals surface area contributed by atoms with Crippen LogP contribution in [0.25, 0.3) is 11.0 Å². The Hall–Kier alpha value is -2.95. The third kappa shape index (κ3) is 7.77. The van der Waals surface area contributed by atoms with Crippen molar-refractivity contribution in [2.75, 3.05) is 13.2 Å². The number of nitrogens with zero attached hydrogens (tertiary/aromatic N) is 1. The average Bonchev–Trinajstić information content (AvgIpc) is 3.29. The van der Waals surface area contributed by atoms with E-state index in [1.54, 1.807) is 0 Å². The minimum atomic E-state index is -0.832. The lowest BCUT2D eigenvalue weighted by atomic mass is 10.0. The van der Waals surface area contributed by atoms with Crippen LogP contribution in [-0.2, 0) is 16.0 Å². The Morgan fingerprint density at radius 2 is 1.78 bits per heavy atom. The van der Waals surface area contributed by atoms with Gasteiger partial charge in [-0.05, 0) is 91.2 Å². The predicted octanol–water partition coefficient (Wildman–Crippen LogP) is 5.46. The fourth-order valence-corrected chi connectivity index (χ4v) is 4.40. The highest BCUT2D eigenvalue weighted by atomic mass is 127. The maximum atomic E-state index is 13.2. The fourth-order valence-electron chi connectivity index (χ4n) is 3.92. The second kappa shape index (κ2) is 12.1. The van der Waals surface area contributed by atoms with Crippen molar-refractivity contribution in [1.82, 2.24) is 15.3 Å². The summed E-state index contributed by atoms with van der Waals surface area (Å²) in [6.45, 7) is 6.96. The Kier molecular flexibility index (Phi) is 8.83. The van der Waals surface area contributed by atoms with Crippen molar-refractivity contribution in [1.29, 1.82) is 0 Å². The van der Waals surface area contributed by atoms with Gasteiger partial charge in [0.1, 0.15) is 24.2 Å². The summed E-state index contributed by atoms with van der Waals surface area (Å²) in [5.74, 6) is 1.12. The summed E-state index contributed by atoms with van der Waals surface area (Å²) in [6, 6.07) is 22.1. The zero-order valence-corrected chi connectivity index (χ0v) is 23.5. The second-order valence-electron chi connectivity index (χ2n) is 9.89. The van der Waals surface area contributed by atoms with E-state index in [4.69, 9.17) is 20.2 Å². The molecule has 1 heterocycles. The number of imidazole rings is 1. The first-order valence-electron chi connectivity index (χ1n) is 12.3. The number of H-pyrrole nitrogens is 1. The molecule has 37 heavy (non-hydrogen) atoms. The molecular weight excluding hydrogens is 579 g/mol. The number of amides is 1. The normalized spacial score (nSPS) is 13.3. The summed E-state index contributed by atoms with van der Waals surface area (Å²) >= 11 is 2.27. The molecule has 8 heteroatoms. The number of nitrogens with two attached hydrogens (primary N) is 1. The number of rotatable bonds is 10. The highest BCUT2D eigenvalue weighted by Crippen LogP contribution is 2.23. The maximum absolute atomic E-state index is 13.2. The summed E-state index contributed by atoms with van der Waals surface area (Å²) in [4.78, 5) is 21.4. The van der Waals surface area contributed by atoms with Crippen molar-refractivity contribution in [3.63, 3.8) is 0 Å². The molecule has 3 aromatic carbocycles. The molecule has 1 amide bonds. The van der Waals surface area contributed by atoms with Gasteiger partial charge in [0.05, 0.1) is 29.3 Å². The standard InChI is InChI=1S/C29H33IN4O3/c1-29(2,3)37-16-15-36-22-12-9-20(10-13-22)26(31)28(35)34-25(17-19-7-5-4-6-8-19)27-32-23-14-11-21(30)18-24(23)33-27/h4-14,18,25-26H,15-17,31H2,1-3H3,(H,32,33)(H,34,35)/t25-,26?/m0/s1. The first-order valence-corrected chi connectivity index (χ1v) is 13.4. The van der Waals surface area contributed by atoms with Crippen LogP contribution in [0.2, 0.25) is 0 Å². The van der Waals surface area contributed by atoms with E-state index < -0.39 is 6.04 Å². The largest absolute Gasteiger partial charge is 0.491 e. The van der Waals surface area contributed by atoms with Gasteiger partial charge >= 0.3 is 0 Å². The number of benzene rings is 3. The van der Waals surface area contributed by atoms with Crippen LogP contribution in [0.4, 0.5) is 0 Å². The highest BCUT2D eigenvalue weighted by Gasteiger charge is 2.23. The minimum Gasteiger partial charge on any atom is -0.491 e. The van der Waals surface area contributed by atoms with Crippen molar-refractivity contribution in [3.8, 4) is 5.75 Å². The van der Waals surface area contributed by atoms with Gasteiger partial charge < -0.3 is 25.5 Å².